The smallest absolute Gasteiger partial charge is 0.339 e. The largest absolute Gasteiger partial charge is 0.472 e. The van der Waals surface area contributed by atoms with Crippen molar-refractivity contribution in [2.24, 2.45) is 5.92 Å². The molecule has 1 heterocycles. The summed E-state index contributed by atoms with van der Waals surface area (Å²) in [6.45, 7) is 2.26. The van der Waals surface area contributed by atoms with Gasteiger partial charge in [-0.1, -0.05) is 124 Å². The Labute approximate surface area is 352 Å². The van der Waals surface area contributed by atoms with Crippen molar-refractivity contribution in [3.8, 4) is 16.9 Å². The Balaban J connectivity index is 1.08. The van der Waals surface area contributed by atoms with Crippen LogP contribution in [0.1, 0.15) is 118 Å². The topological polar surface area (TPSA) is 90.9 Å². The number of amides is 1. The van der Waals surface area contributed by atoms with Crippen LogP contribution in [-0.4, -0.2) is 32.1 Å². The molecular formula is C53H51NO6. The van der Waals surface area contributed by atoms with Crippen molar-refractivity contribution < 1.29 is 28.6 Å². The van der Waals surface area contributed by atoms with E-state index in [-0.39, 0.29) is 17.0 Å². The number of anilines is 1. The summed E-state index contributed by atoms with van der Waals surface area (Å²) in [5.41, 5.74) is 5.57. The predicted molar refractivity (Wildman–Crippen MR) is 239 cm³/mol. The van der Waals surface area contributed by atoms with Crippen LogP contribution in [0.3, 0.4) is 0 Å². The van der Waals surface area contributed by atoms with E-state index in [1.54, 1.807) is 0 Å². The summed E-state index contributed by atoms with van der Waals surface area (Å²) in [5, 5.41) is 4.16. The highest BCUT2D eigenvalue weighted by Gasteiger charge is 2.40. The van der Waals surface area contributed by atoms with Crippen LogP contribution in [0.2, 0.25) is 0 Å². The number of hydrogen-bond donors (Lipinski definition) is 1. The number of unbranched alkanes of at least 4 members (excludes halogenated alkanes) is 2. The van der Waals surface area contributed by atoms with Crippen molar-refractivity contribution in [2.75, 3.05) is 19.5 Å². The fourth-order valence-corrected chi connectivity index (χ4v) is 9.12. The number of methoxy groups -OCH3 is 2. The first-order chi connectivity index (χ1) is 29.3. The molecule has 60 heavy (non-hydrogen) atoms. The van der Waals surface area contributed by atoms with Gasteiger partial charge in [0.1, 0.15) is 5.75 Å². The van der Waals surface area contributed by atoms with Gasteiger partial charge in [0.15, 0.2) is 5.60 Å². The van der Waals surface area contributed by atoms with Gasteiger partial charge >= 0.3 is 11.9 Å². The maximum Gasteiger partial charge on any atom is 0.339 e. The zero-order chi connectivity index (χ0) is 41.6. The van der Waals surface area contributed by atoms with E-state index in [0.717, 1.165) is 28.2 Å². The predicted octanol–water partition coefficient (Wildman–Crippen LogP) is 12.5. The average molecular weight is 798 g/mol. The third kappa shape index (κ3) is 7.96. The Morgan fingerprint density at radius 1 is 0.683 bits per heavy atom. The molecule has 1 aliphatic carbocycles. The highest BCUT2D eigenvalue weighted by atomic mass is 16.5. The lowest BCUT2D eigenvalue weighted by atomic mass is 9.77. The van der Waals surface area contributed by atoms with E-state index in [9.17, 15) is 14.4 Å². The van der Waals surface area contributed by atoms with Gasteiger partial charge in [0.2, 0.25) is 0 Å². The van der Waals surface area contributed by atoms with E-state index in [4.69, 9.17) is 14.2 Å². The molecule has 1 aliphatic heterocycles. The van der Waals surface area contributed by atoms with Gasteiger partial charge in [-0.3, -0.25) is 4.79 Å². The molecule has 1 amide bonds. The van der Waals surface area contributed by atoms with Crippen LogP contribution in [-0.2, 0) is 15.1 Å². The molecule has 0 radical (unpaired) electrons. The van der Waals surface area contributed by atoms with E-state index in [2.05, 4.69) is 24.4 Å². The molecule has 6 aromatic rings. The summed E-state index contributed by atoms with van der Waals surface area (Å²) in [4.78, 5) is 40.6. The molecule has 0 bridgehead atoms. The fraction of sp³-hybridized carbons (Fsp3) is 0.264. The molecule has 8 rings (SSSR count). The van der Waals surface area contributed by atoms with Crippen LogP contribution in [0, 0.1) is 5.92 Å². The van der Waals surface area contributed by atoms with Gasteiger partial charge in [0.25, 0.3) is 5.91 Å². The molecule has 7 heteroatoms. The fourth-order valence-electron chi connectivity index (χ4n) is 9.12. The van der Waals surface area contributed by atoms with Gasteiger partial charge in [-0.2, -0.15) is 0 Å². The van der Waals surface area contributed by atoms with Gasteiger partial charge in [-0.15, -0.1) is 0 Å². The van der Waals surface area contributed by atoms with Crippen LogP contribution in [0.4, 0.5) is 5.69 Å². The molecule has 0 spiro atoms. The minimum atomic E-state index is -1.03. The molecule has 6 aromatic carbocycles. The third-order valence-electron chi connectivity index (χ3n) is 12.4. The van der Waals surface area contributed by atoms with Crippen molar-refractivity contribution in [3.63, 3.8) is 0 Å². The van der Waals surface area contributed by atoms with Crippen LogP contribution in [0.5, 0.6) is 5.75 Å². The molecule has 0 saturated heterocycles. The maximum absolute atomic E-state index is 13.7. The second-order valence-electron chi connectivity index (χ2n) is 16.0. The lowest BCUT2D eigenvalue weighted by Crippen LogP contribution is -2.35. The normalized spacial score (nSPS) is 16.6. The van der Waals surface area contributed by atoms with Gasteiger partial charge in [-0.25, -0.2) is 9.59 Å². The van der Waals surface area contributed by atoms with Crippen molar-refractivity contribution >= 4 is 40.4 Å². The summed E-state index contributed by atoms with van der Waals surface area (Å²) in [6.07, 6.45) is 14.1. The summed E-state index contributed by atoms with van der Waals surface area (Å²) in [7, 11) is 2.58. The Kier molecular flexibility index (Phi) is 12.0. The molecule has 1 fully saturated rings. The molecule has 1 N–H and O–H groups in total. The molecule has 7 nitrogen and oxygen atoms in total. The highest BCUT2D eigenvalue weighted by molar-refractivity contribution is 6.17. The number of esters is 2. The number of rotatable bonds is 12. The second-order valence-corrected chi connectivity index (χ2v) is 16.0. The minimum Gasteiger partial charge on any atom is -0.472 e. The Morgan fingerprint density at radius 3 is 1.92 bits per heavy atom. The van der Waals surface area contributed by atoms with Gasteiger partial charge in [-0.05, 0) is 103 Å². The van der Waals surface area contributed by atoms with Crippen molar-refractivity contribution in [3.05, 3.63) is 172 Å². The maximum atomic E-state index is 13.7. The van der Waals surface area contributed by atoms with Gasteiger partial charge in [0.05, 0.1) is 25.3 Å². The standard InChI is InChI=1S/C53H51NO6/c1-4-5-8-13-35-18-20-36(21-19-35)37-22-24-39(25-23-37)50(55)54-43-29-26-38(27-30-43)40-28-31-44-46(34-40)48(52(57)59-3)47(51(56)58-2)45-32-33-53(60-49(44)45,41-14-9-6-10-15-41)42-16-11-7-12-17-42/h6-7,9-12,14-17,22-36H,4-5,8,13,18-21H2,1-3H3,(H,54,55). The van der Waals surface area contributed by atoms with E-state index >= 15 is 0 Å². The van der Waals surface area contributed by atoms with Crippen molar-refractivity contribution in [1.29, 1.82) is 0 Å². The number of benzene rings is 6. The third-order valence-corrected chi connectivity index (χ3v) is 12.4. The molecule has 0 atom stereocenters. The lowest BCUT2D eigenvalue weighted by molar-refractivity contribution is 0.0555. The minimum absolute atomic E-state index is 0.0613. The van der Waals surface area contributed by atoms with E-state index in [0.29, 0.717) is 39.3 Å². The first-order valence-corrected chi connectivity index (χ1v) is 21.1. The number of hydrogen-bond acceptors (Lipinski definition) is 6. The highest BCUT2D eigenvalue weighted by Crippen LogP contribution is 2.48. The summed E-state index contributed by atoms with van der Waals surface area (Å²) < 4.78 is 17.7. The Bertz CT molecular complexity index is 2480. The number of carbonyl (C=O) groups excluding carboxylic acids is 3. The molecule has 2 aliphatic rings. The van der Waals surface area contributed by atoms with Crippen molar-refractivity contribution in [2.45, 2.75) is 69.8 Å². The summed E-state index contributed by atoms with van der Waals surface area (Å²) in [5.74, 6) is 0.341. The van der Waals surface area contributed by atoms with Crippen LogP contribution < -0.4 is 10.1 Å². The van der Waals surface area contributed by atoms with E-state index in [1.807, 2.05) is 127 Å². The number of carbonyl (C=O) groups is 3. The molecule has 1 saturated carbocycles. The van der Waals surface area contributed by atoms with E-state index in [1.165, 1.54) is 71.1 Å². The summed E-state index contributed by atoms with van der Waals surface area (Å²) in [6, 6.07) is 41.2. The molecule has 0 aromatic heterocycles. The van der Waals surface area contributed by atoms with Crippen LogP contribution in [0.15, 0.2) is 133 Å². The van der Waals surface area contributed by atoms with Gasteiger partial charge < -0.3 is 19.5 Å². The van der Waals surface area contributed by atoms with E-state index < -0.39 is 17.5 Å². The second kappa shape index (κ2) is 17.8. The zero-order valence-electron chi connectivity index (χ0n) is 34.5. The number of nitrogens with one attached hydrogen (secondary N) is 1. The van der Waals surface area contributed by atoms with Crippen LogP contribution in [0.25, 0.3) is 28.0 Å². The monoisotopic (exact) mass is 797 g/mol. The van der Waals surface area contributed by atoms with Gasteiger partial charge in [0, 0.05) is 38.7 Å². The first kappa shape index (κ1) is 40.3. The quantitative estimate of drug-likeness (QED) is 0.0979. The Hall–Kier alpha value is -6.47. The van der Waals surface area contributed by atoms with Crippen LogP contribution >= 0.6 is 0 Å². The first-order valence-electron chi connectivity index (χ1n) is 21.1. The SMILES string of the molecule is CCCCCC1CCC(c2ccc(C(=O)Nc3ccc(-c4ccc5c6c(c(C(=O)OC)c(C(=O)OC)c5c4)C=CC(c4ccccc4)(c4ccccc4)O6)cc3)cc2)CC1. The molecular weight excluding hydrogens is 747 g/mol. The van der Waals surface area contributed by atoms with Crippen molar-refractivity contribution in [1.82, 2.24) is 0 Å². The number of fused-ring (bicyclic) bond motifs is 3. The zero-order valence-corrected chi connectivity index (χ0v) is 34.5. The lowest BCUT2D eigenvalue weighted by Gasteiger charge is -2.37. The number of ether oxygens (including phenoxy) is 3. The molecule has 304 valence electrons. The molecule has 0 unspecified atom stereocenters. The average Bonchev–Trinajstić information content (AvgIpc) is 3.31. The Morgan fingerprint density at radius 2 is 1.30 bits per heavy atom. The summed E-state index contributed by atoms with van der Waals surface area (Å²) >= 11 is 0.